The van der Waals surface area contributed by atoms with Crippen LogP contribution in [0.3, 0.4) is 0 Å². The Hall–Kier alpha value is -2.74. The van der Waals surface area contributed by atoms with Gasteiger partial charge in [-0.1, -0.05) is 36.4 Å². The van der Waals surface area contributed by atoms with Crippen LogP contribution in [-0.4, -0.2) is 70.6 Å². The number of fused-ring (bicyclic) bond motifs is 1. The van der Waals surface area contributed by atoms with Crippen molar-refractivity contribution in [1.82, 2.24) is 4.90 Å². The molecule has 5 atom stereocenters. The molecule has 4 rings (SSSR count). The van der Waals surface area contributed by atoms with Gasteiger partial charge in [0, 0.05) is 13.1 Å². The van der Waals surface area contributed by atoms with Crippen LogP contribution in [0.25, 0.3) is 0 Å². The van der Waals surface area contributed by atoms with Crippen LogP contribution in [0.2, 0.25) is 0 Å². The Morgan fingerprint density at radius 3 is 1.86 bits per heavy atom. The molecule has 0 aliphatic carbocycles. The number of aliphatic hydroxyl groups excluding tert-OH is 2. The first kappa shape index (κ1) is 19.6. The maximum atomic E-state index is 12.4. The SMILES string of the molecule is O=C(O[C@H]1CN2CC[C@H](OC(=O)c3ccccc3)[C@@H]2[C@@H](O)[C@@H]1O)c1ccccc1. The van der Waals surface area contributed by atoms with Crippen LogP contribution in [0.4, 0.5) is 0 Å². The number of esters is 2. The summed E-state index contributed by atoms with van der Waals surface area (Å²) in [7, 11) is 0. The van der Waals surface area contributed by atoms with Gasteiger partial charge in [-0.05, 0) is 30.7 Å². The molecule has 0 unspecified atom stereocenters. The molecule has 2 aromatic carbocycles. The van der Waals surface area contributed by atoms with E-state index in [0.29, 0.717) is 24.1 Å². The molecule has 7 nitrogen and oxygen atoms in total. The Morgan fingerprint density at radius 1 is 0.793 bits per heavy atom. The molecule has 2 aromatic rings. The lowest BCUT2D eigenvalue weighted by atomic mass is 9.92. The molecule has 0 aromatic heterocycles. The number of hydrogen-bond acceptors (Lipinski definition) is 7. The number of carbonyl (C=O) groups is 2. The Labute approximate surface area is 168 Å². The molecule has 0 radical (unpaired) electrons. The predicted octanol–water partition coefficient (Wildman–Crippen LogP) is 1.25. The summed E-state index contributed by atoms with van der Waals surface area (Å²) < 4.78 is 11.1. The minimum absolute atomic E-state index is 0.265. The number of aliphatic hydroxyl groups is 2. The highest BCUT2D eigenvalue weighted by Crippen LogP contribution is 2.32. The lowest BCUT2D eigenvalue weighted by Crippen LogP contribution is -2.62. The summed E-state index contributed by atoms with van der Waals surface area (Å²) in [6, 6.07) is 16.6. The molecule has 0 bridgehead atoms. The minimum atomic E-state index is -1.26. The third kappa shape index (κ3) is 4.03. The number of ether oxygens (including phenoxy) is 2. The molecular formula is C22H23NO6. The third-order valence-electron chi connectivity index (χ3n) is 5.53. The van der Waals surface area contributed by atoms with Crippen molar-refractivity contribution in [2.24, 2.45) is 0 Å². The number of piperidine rings is 1. The first-order chi connectivity index (χ1) is 14.0. The molecule has 2 aliphatic rings. The quantitative estimate of drug-likeness (QED) is 0.750. The number of nitrogens with zero attached hydrogens (tertiary/aromatic N) is 1. The average Bonchev–Trinajstić information content (AvgIpc) is 3.15. The van der Waals surface area contributed by atoms with Crippen LogP contribution < -0.4 is 0 Å². The van der Waals surface area contributed by atoms with Crippen molar-refractivity contribution in [3.8, 4) is 0 Å². The largest absolute Gasteiger partial charge is 0.457 e. The second kappa shape index (κ2) is 8.32. The molecule has 0 saturated carbocycles. The van der Waals surface area contributed by atoms with Crippen molar-refractivity contribution >= 4 is 11.9 Å². The van der Waals surface area contributed by atoms with Gasteiger partial charge in [0.15, 0.2) is 0 Å². The fourth-order valence-corrected chi connectivity index (χ4v) is 4.05. The molecule has 0 amide bonds. The standard InChI is InChI=1S/C22H23NO6/c24-19-17(29-22(27)15-9-5-2-6-10-15)13-23-12-11-16(18(23)20(19)25)28-21(26)14-7-3-1-4-8-14/h1-10,16-20,24-25H,11-13H2/t16-,17-,18+,19+,20+/m0/s1. The van der Waals surface area contributed by atoms with Gasteiger partial charge in [-0.25, -0.2) is 9.59 Å². The van der Waals surface area contributed by atoms with Gasteiger partial charge in [-0.3, -0.25) is 4.90 Å². The second-order valence-electron chi connectivity index (χ2n) is 7.37. The summed E-state index contributed by atoms with van der Waals surface area (Å²) in [5.41, 5.74) is 0.818. The van der Waals surface area contributed by atoms with Crippen LogP contribution in [0.1, 0.15) is 27.1 Å². The van der Waals surface area contributed by atoms with E-state index in [2.05, 4.69) is 0 Å². The molecule has 2 aliphatic heterocycles. The molecule has 2 saturated heterocycles. The predicted molar refractivity (Wildman–Crippen MR) is 103 cm³/mol. The van der Waals surface area contributed by atoms with E-state index in [1.165, 1.54) is 0 Å². The van der Waals surface area contributed by atoms with Gasteiger partial charge in [0.2, 0.25) is 0 Å². The van der Waals surface area contributed by atoms with Crippen molar-refractivity contribution in [1.29, 1.82) is 0 Å². The minimum Gasteiger partial charge on any atom is -0.457 e. The van der Waals surface area contributed by atoms with Gasteiger partial charge in [-0.15, -0.1) is 0 Å². The van der Waals surface area contributed by atoms with E-state index < -0.39 is 42.4 Å². The van der Waals surface area contributed by atoms with Crippen molar-refractivity contribution in [3.63, 3.8) is 0 Å². The summed E-state index contributed by atoms with van der Waals surface area (Å²) in [6.45, 7) is 0.835. The molecule has 7 heteroatoms. The van der Waals surface area contributed by atoms with Crippen molar-refractivity contribution < 1.29 is 29.3 Å². The first-order valence-corrected chi connectivity index (χ1v) is 9.67. The summed E-state index contributed by atoms with van der Waals surface area (Å²) in [5, 5.41) is 21.2. The van der Waals surface area contributed by atoms with E-state index in [-0.39, 0.29) is 6.54 Å². The lowest BCUT2D eigenvalue weighted by molar-refractivity contribution is -0.144. The van der Waals surface area contributed by atoms with E-state index >= 15 is 0 Å². The van der Waals surface area contributed by atoms with Gasteiger partial charge in [-0.2, -0.15) is 0 Å². The molecule has 29 heavy (non-hydrogen) atoms. The Balaban J connectivity index is 1.42. The van der Waals surface area contributed by atoms with Crippen molar-refractivity contribution in [3.05, 3.63) is 71.8 Å². The third-order valence-corrected chi connectivity index (χ3v) is 5.53. The summed E-state index contributed by atoms with van der Waals surface area (Å²) in [4.78, 5) is 26.6. The van der Waals surface area contributed by atoms with Gasteiger partial charge < -0.3 is 19.7 Å². The Kier molecular flexibility index (Phi) is 5.62. The molecule has 2 N–H and O–H groups in total. The summed E-state index contributed by atoms with van der Waals surface area (Å²) in [6.07, 6.45) is -3.34. The normalized spacial score (nSPS) is 29.1. The number of rotatable bonds is 4. The monoisotopic (exact) mass is 397 g/mol. The smallest absolute Gasteiger partial charge is 0.338 e. The van der Waals surface area contributed by atoms with Crippen LogP contribution in [0.5, 0.6) is 0 Å². The average molecular weight is 397 g/mol. The maximum Gasteiger partial charge on any atom is 0.338 e. The van der Waals surface area contributed by atoms with Crippen LogP contribution in [0.15, 0.2) is 60.7 Å². The van der Waals surface area contributed by atoms with Gasteiger partial charge in [0.1, 0.15) is 24.4 Å². The zero-order chi connectivity index (χ0) is 20.4. The van der Waals surface area contributed by atoms with E-state index in [1.54, 1.807) is 54.6 Å². The zero-order valence-electron chi connectivity index (χ0n) is 15.8. The molecule has 2 fully saturated rings. The Morgan fingerprint density at radius 2 is 1.31 bits per heavy atom. The first-order valence-electron chi connectivity index (χ1n) is 9.67. The van der Waals surface area contributed by atoms with E-state index in [1.807, 2.05) is 11.0 Å². The number of hydrogen-bond donors (Lipinski definition) is 2. The van der Waals surface area contributed by atoms with Crippen LogP contribution in [-0.2, 0) is 9.47 Å². The van der Waals surface area contributed by atoms with Gasteiger partial charge in [0.05, 0.1) is 17.2 Å². The molecular weight excluding hydrogens is 374 g/mol. The van der Waals surface area contributed by atoms with Crippen LogP contribution in [0, 0.1) is 0 Å². The Bertz CT molecular complexity index is 807. The van der Waals surface area contributed by atoms with Gasteiger partial charge in [0.25, 0.3) is 0 Å². The van der Waals surface area contributed by atoms with Crippen molar-refractivity contribution in [2.45, 2.75) is 36.9 Å². The number of benzene rings is 2. The zero-order valence-corrected chi connectivity index (χ0v) is 15.8. The molecule has 152 valence electrons. The maximum absolute atomic E-state index is 12.4. The second-order valence-corrected chi connectivity index (χ2v) is 7.37. The lowest BCUT2D eigenvalue weighted by Gasteiger charge is -2.42. The molecule has 0 spiro atoms. The summed E-state index contributed by atoms with van der Waals surface area (Å²) >= 11 is 0. The van der Waals surface area contributed by atoms with Crippen molar-refractivity contribution in [2.75, 3.05) is 13.1 Å². The number of carbonyl (C=O) groups excluding carboxylic acids is 2. The van der Waals surface area contributed by atoms with E-state index in [9.17, 15) is 19.8 Å². The van der Waals surface area contributed by atoms with E-state index in [0.717, 1.165) is 0 Å². The molecule has 2 heterocycles. The highest BCUT2D eigenvalue weighted by molar-refractivity contribution is 5.90. The van der Waals surface area contributed by atoms with E-state index in [4.69, 9.17) is 9.47 Å². The van der Waals surface area contributed by atoms with Gasteiger partial charge >= 0.3 is 11.9 Å². The highest BCUT2D eigenvalue weighted by Gasteiger charge is 2.51. The fourth-order valence-electron chi connectivity index (χ4n) is 4.05. The summed E-state index contributed by atoms with van der Waals surface area (Å²) in [5.74, 6) is -1.01. The topological polar surface area (TPSA) is 96.3 Å². The fraction of sp³-hybridized carbons (Fsp3) is 0.364. The van der Waals surface area contributed by atoms with Crippen LogP contribution >= 0.6 is 0 Å². The highest BCUT2D eigenvalue weighted by atomic mass is 16.6.